The third-order valence-corrected chi connectivity index (χ3v) is 5.05. The maximum atomic E-state index is 12.3. The third kappa shape index (κ3) is 6.74. The van der Waals surface area contributed by atoms with Crippen molar-refractivity contribution in [1.29, 1.82) is 0 Å². The van der Waals surface area contributed by atoms with Gasteiger partial charge in [0.1, 0.15) is 5.75 Å². The quantitative estimate of drug-likeness (QED) is 0.468. The fourth-order valence-corrected chi connectivity index (χ4v) is 3.53. The van der Waals surface area contributed by atoms with Crippen molar-refractivity contribution in [3.8, 4) is 5.75 Å². The molecule has 0 saturated heterocycles. The van der Waals surface area contributed by atoms with Gasteiger partial charge in [-0.3, -0.25) is 0 Å². The Balaban J connectivity index is 1.73. The van der Waals surface area contributed by atoms with Gasteiger partial charge in [0.15, 0.2) is 0 Å². The van der Waals surface area contributed by atoms with Crippen LogP contribution >= 0.6 is 0 Å². The van der Waals surface area contributed by atoms with Crippen LogP contribution in [-0.4, -0.2) is 12.8 Å². The van der Waals surface area contributed by atoms with Crippen LogP contribution in [0.25, 0.3) is 0 Å². The molecule has 2 rings (SSSR count). The van der Waals surface area contributed by atoms with E-state index < -0.39 is 12.6 Å². The summed E-state index contributed by atoms with van der Waals surface area (Å²) in [7, 11) is 0. The first kappa shape index (κ1) is 19.1. The minimum Gasteiger partial charge on any atom is -0.494 e. The number of hydrogen-bond acceptors (Lipinski definition) is 1. The summed E-state index contributed by atoms with van der Waals surface area (Å²) in [6.45, 7) is 2.93. The van der Waals surface area contributed by atoms with E-state index in [0.29, 0.717) is 12.3 Å². The molecule has 1 aliphatic rings. The molecule has 1 fully saturated rings. The van der Waals surface area contributed by atoms with E-state index in [-0.39, 0.29) is 5.92 Å². The molecule has 4 heteroatoms. The summed E-state index contributed by atoms with van der Waals surface area (Å²) in [6, 6.07) is 8.29. The minimum absolute atomic E-state index is 0.240. The number of hydrogen-bond donors (Lipinski definition) is 0. The van der Waals surface area contributed by atoms with Crippen molar-refractivity contribution in [3.63, 3.8) is 0 Å². The van der Waals surface area contributed by atoms with Crippen LogP contribution in [0.5, 0.6) is 5.75 Å². The Kier molecular flexibility index (Phi) is 7.44. The zero-order valence-corrected chi connectivity index (χ0v) is 14.6. The molecule has 1 aromatic carbocycles. The predicted octanol–water partition coefficient (Wildman–Crippen LogP) is 6.87. The minimum atomic E-state index is -4.01. The molecule has 0 heterocycles. The molecule has 0 spiro atoms. The zero-order valence-electron chi connectivity index (χ0n) is 14.6. The standard InChI is InChI=1S/C20H29F3O/c1-2-3-4-15-24-19-11-9-18(10-12-19)17-7-5-16(6-8-17)13-14-20(21,22)23/h9-12,16-17H,2-8,13-15H2,1H3. The highest BCUT2D eigenvalue weighted by Crippen LogP contribution is 2.39. The van der Waals surface area contributed by atoms with E-state index in [1.807, 2.05) is 12.1 Å². The summed E-state index contributed by atoms with van der Waals surface area (Å²) in [4.78, 5) is 0. The van der Waals surface area contributed by atoms with Crippen molar-refractivity contribution >= 4 is 0 Å². The summed E-state index contributed by atoms with van der Waals surface area (Å²) in [5, 5.41) is 0. The topological polar surface area (TPSA) is 9.23 Å². The summed E-state index contributed by atoms with van der Waals surface area (Å²) in [5.41, 5.74) is 1.30. The normalized spacial score (nSPS) is 21.7. The summed E-state index contributed by atoms with van der Waals surface area (Å²) >= 11 is 0. The third-order valence-electron chi connectivity index (χ3n) is 5.05. The van der Waals surface area contributed by atoms with E-state index >= 15 is 0 Å². The predicted molar refractivity (Wildman–Crippen MR) is 91.5 cm³/mol. The number of rotatable bonds is 8. The lowest BCUT2D eigenvalue weighted by Crippen LogP contribution is -2.16. The van der Waals surface area contributed by atoms with Crippen molar-refractivity contribution in [2.24, 2.45) is 5.92 Å². The highest BCUT2D eigenvalue weighted by Gasteiger charge is 2.30. The monoisotopic (exact) mass is 342 g/mol. The number of alkyl halides is 3. The highest BCUT2D eigenvalue weighted by atomic mass is 19.4. The molecular formula is C20H29F3O. The van der Waals surface area contributed by atoms with Crippen LogP contribution in [-0.2, 0) is 0 Å². The first-order valence-corrected chi connectivity index (χ1v) is 9.27. The lowest BCUT2D eigenvalue weighted by atomic mass is 9.77. The van der Waals surface area contributed by atoms with Crippen LogP contribution in [0.15, 0.2) is 24.3 Å². The lowest BCUT2D eigenvalue weighted by molar-refractivity contribution is -0.138. The van der Waals surface area contributed by atoms with Crippen molar-refractivity contribution in [2.75, 3.05) is 6.61 Å². The molecule has 0 aliphatic heterocycles. The van der Waals surface area contributed by atoms with E-state index in [9.17, 15) is 13.2 Å². The number of benzene rings is 1. The molecule has 1 saturated carbocycles. The maximum absolute atomic E-state index is 12.3. The van der Waals surface area contributed by atoms with Gasteiger partial charge in [0.05, 0.1) is 6.61 Å². The van der Waals surface area contributed by atoms with Crippen molar-refractivity contribution in [3.05, 3.63) is 29.8 Å². The van der Waals surface area contributed by atoms with Gasteiger partial charge in [-0.1, -0.05) is 31.9 Å². The SMILES string of the molecule is CCCCCOc1ccc(C2CCC(CCC(F)(F)F)CC2)cc1. The average molecular weight is 342 g/mol. The first-order chi connectivity index (χ1) is 11.5. The van der Waals surface area contributed by atoms with E-state index in [1.165, 1.54) is 18.4 Å². The molecule has 0 bridgehead atoms. The van der Waals surface area contributed by atoms with Gasteiger partial charge in [-0.05, 0) is 68.1 Å². The molecule has 1 nitrogen and oxygen atoms in total. The first-order valence-electron chi connectivity index (χ1n) is 9.27. The molecule has 0 radical (unpaired) electrons. The molecule has 0 unspecified atom stereocenters. The molecule has 0 amide bonds. The highest BCUT2D eigenvalue weighted by molar-refractivity contribution is 5.29. The number of ether oxygens (including phenoxy) is 1. The molecule has 1 aromatic rings. The van der Waals surface area contributed by atoms with Crippen LogP contribution in [0.1, 0.15) is 76.2 Å². The molecule has 0 N–H and O–H groups in total. The Morgan fingerprint density at radius 1 is 1.00 bits per heavy atom. The fraction of sp³-hybridized carbons (Fsp3) is 0.700. The second kappa shape index (κ2) is 9.33. The largest absolute Gasteiger partial charge is 0.494 e. The summed E-state index contributed by atoms with van der Waals surface area (Å²) < 4.78 is 42.7. The molecule has 136 valence electrons. The number of unbranched alkanes of at least 4 members (excludes halogenated alkanes) is 2. The molecule has 0 atom stereocenters. The van der Waals surface area contributed by atoms with Crippen LogP contribution in [0, 0.1) is 5.92 Å². The Bertz CT molecular complexity index is 459. The average Bonchev–Trinajstić information content (AvgIpc) is 2.57. The molecule has 1 aliphatic carbocycles. The Labute approximate surface area is 143 Å². The van der Waals surface area contributed by atoms with E-state index in [1.54, 1.807) is 0 Å². The van der Waals surface area contributed by atoms with Gasteiger partial charge in [0.2, 0.25) is 0 Å². The summed E-state index contributed by atoms with van der Waals surface area (Å²) in [6.07, 6.45) is 2.94. The summed E-state index contributed by atoms with van der Waals surface area (Å²) in [5.74, 6) is 1.64. The van der Waals surface area contributed by atoms with Crippen molar-refractivity contribution in [2.45, 2.75) is 76.8 Å². The second-order valence-electron chi connectivity index (χ2n) is 7.00. The van der Waals surface area contributed by atoms with Gasteiger partial charge in [-0.2, -0.15) is 13.2 Å². The van der Waals surface area contributed by atoms with Gasteiger partial charge in [-0.15, -0.1) is 0 Å². The van der Waals surface area contributed by atoms with Crippen molar-refractivity contribution in [1.82, 2.24) is 0 Å². The van der Waals surface area contributed by atoms with Crippen LogP contribution in [0.3, 0.4) is 0 Å². The van der Waals surface area contributed by atoms with Crippen LogP contribution < -0.4 is 4.74 Å². The van der Waals surface area contributed by atoms with Crippen molar-refractivity contribution < 1.29 is 17.9 Å². The van der Waals surface area contributed by atoms with Gasteiger partial charge < -0.3 is 4.74 Å². The smallest absolute Gasteiger partial charge is 0.389 e. The maximum Gasteiger partial charge on any atom is 0.389 e. The van der Waals surface area contributed by atoms with Crippen LogP contribution in [0.4, 0.5) is 13.2 Å². The van der Waals surface area contributed by atoms with E-state index in [4.69, 9.17) is 4.74 Å². The molecular weight excluding hydrogens is 313 g/mol. The van der Waals surface area contributed by atoms with Crippen LogP contribution in [0.2, 0.25) is 0 Å². The zero-order chi connectivity index (χ0) is 17.4. The van der Waals surface area contributed by atoms with Gasteiger partial charge in [0, 0.05) is 6.42 Å². The van der Waals surface area contributed by atoms with Gasteiger partial charge >= 0.3 is 6.18 Å². The lowest BCUT2D eigenvalue weighted by Gasteiger charge is -2.29. The van der Waals surface area contributed by atoms with Gasteiger partial charge in [-0.25, -0.2) is 0 Å². The second-order valence-corrected chi connectivity index (χ2v) is 7.00. The Hall–Kier alpha value is -1.19. The Morgan fingerprint density at radius 3 is 2.25 bits per heavy atom. The fourth-order valence-electron chi connectivity index (χ4n) is 3.53. The van der Waals surface area contributed by atoms with E-state index in [0.717, 1.165) is 44.5 Å². The number of halogens is 3. The molecule has 0 aromatic heterocycles. The van der Waals surface area contributed by atoms with E-state index in [2.05, 4.69) is 19.1 Å². The van der Waals surface area contributed by atoms with Gasteiger partial charge in [0.25, 0.3) is 0 Å². The Morgan fingerprint density at radius 2 is 1.67 bits per heavy atom. The molecule has 24 heavy (non-hydrogen) atoms.